The second-order valence-electron chi connectivity index (χ2n) is 7.42. The fourth-order valence-electron chi connectivity index (χ4n) is 3.84. The summed E-state index contributed by atoms with van der Waals surface area (Å²) in [5, 5.41) is 8.63. The minimum Gasteiger partial charge on any atom is -0.497 e. The average molecular weight is 394 g/mol. The average Bonchev–Trinajstić information content (AvgIpc) is 3.21. The Morgan fingerprint density at radius 1 is 1.24 bits per heavy atom. The second-order valence-corrected chi connectivity index (χ2v) is 7.42. The van der Waals surface area contributed by atoms with Crippen LogP contribution in [0.3, 0.4) is 0 Å². The van der Waals surface area contributed by atoms with Crippen molar-refractivity contribution >= 4 is 11.6 Å². The zero-order valence-corrected chi connectivity index (χ0v) is 16.8. The highest BCUT2D eigenvalue weighted by atomic mass is 16.5. The Hall–Kier alpha value is -2.93. The lowest BCUT2D eigenvalue weighted by Gasteiger charge is -2.33. The van der Waals surface area contributed by atoms with Gasteiger partial charge in [-0.15, -0.1) is 10.2 Å². The SMILES string of the molecule is COc1cccc(CO[C@H](C)C(=O)N2CCC[C@H](c3nnc4ccccn34)C2)c1. The highest BCUT2D eigenvalue weighted by Gasteiger charge is 2.30. The zero-order chi connectivity index (χ0) is 20.2. The number of pyridine rings is 1. The normalized spacial score (nSPS) is 18.0. The van der Waals surface area contributed by atoms with Crippen molar-refractivity contribution in [3.8, 4) is 5.75 Å². The third-order valence-electron chi connectivity index (χ3n) is 5.42. The van der Waals surface area contributed by atoms with E-state index in [1.165, 1.54) is 0 Å². The molecule has 1 aromatic carbocycles. The van der Waals surface area contributed by atoms with Gasteiger partial charge in [0.1, 0.15) is 17.7 Å². The van der Waals surface area contributed by atoms with Gasteiger partial charge >= 0.3 is 0 Å². The molecule has 0 unspecified atom stereocenters. The van der Waals surface area contributed by atoms with Crippen molar-refractivity contribution in [2.75, 3.05) is 20.2 Å². The van der Waals surface area contributed by atoms with Gasteiger partial charge in [-0.3, -0.25) is 9.20 Å². The first-order valence-electron chi connectivity index (χ1n) is 9.98. The molecule has 7 heteroatoms. The number of hydrogen-bond donors (Lipinski definition) is 0. The van der Waals surface area contributed by atoms with E-state index in [0.29, 0.717) is 13.2 Å². The topological polar surface area (TPSA) is 69.0 Å². The molecule has 0 saturated carbocycles. The van der Waals surface area contributed by atoms with E-state index in [1.807, 2.05) is 64.9 Å². The van der Waals surface area contributed by atoms with Gasteiger partial charge < -0.3 is 14.4 Å². The Morgan fingerprint density at radius 2 is 2.14 bits per heavy atom. The molecule has 0 aliphatic carbocycles. The highest BCUT2D eigenvalue weighted by Crippen LogP contribution is 2.26. The van der Waals surface area contributed by atoms with Crippen LogP contribution >= 0.6 is 0 Å². The number of carbonyl (C=O) groups is 1. The molecule has 3 aromatic rings. The Morgan fingerprint density at radius 3 is 3.00 bits per heavy atom. The summed E-state index contributed by atoms with van der Waals surface area (Å²) in [5.74, 6) is 1.90. The number of nitrogens with zero attached hydrogens (tertiary/aromatic N) is 4. The number of ether oxygens (including phenoxy) is 2. The first-order chi connectivity index (χ1) is 14.2. The number of fused-ring (bicyclic) bond motifs is 1. The molecule has 2 aromatic heterocycles. The molecule has 1 saturated heterocycles. The van der Waals surface area contributed by atoms with Gasteiger partial charge in [0.05, 0.1) is 13.7 Å². The lowest BCUT2D eigenvalue weighted by Crippen LogP contribution is -2.44. The van der Waals surface area contributed by atoms with Crippen molar-refractivity contribution < 1.29 is 14.3 Å². The van der Waals surface area contributed by atoms with Gasteiger partial charge in [-0.05, 0) is 49.6 Å². The van der Waals surface area contributed by atoms with E-state index in [2.05, 4.69) is 10.2 Å². The van der Waals surface area contributed by atoms with Crippen LogP contribution in [0.4, 0.5) is 0 Å². The molecule has 0 bridgehead atoms. The van der Waals surface area contributed by atoms with Crippen LogP contribution in [0, 0.1) is 0 Å². The number of likely N-dealkylation sites (tertiary alicyclic amines) is 1. The molecule has 152 valence electrons. The number of piperidine rings is 1. The molecule has 0 spiro atoms. The third-order valence-corrected chi connectivity index (χ3v) is 5.42. The van der Waals surface area contributed by atoms with Crippen molar-refractivity contribution in [2.45, 2.75) is 38.4 Å². The van der Waals surface area contributed by atoms with Crippen LogP contribution in [0.2, 0.25) is 0 Å². The number of methoxy groups -OCH3 is 1. The van der Waals surface area contributed by atoms with Crippen LogP contribution in [0.15, 0.2) is 48.7 Å². The molecule has 2 atom stereocenters. The zero-order valence-electron chi connectivity index (χ0n) is 16.8. The van der Waals surface area contributed by atoms with Crippen molar-refractivity contribution in [1.82, 2.24) is 19.5 Å². The van der Waals surface area contributed by atoms with E-state index >= 15 is 0 Å². The van der Waals surface area contributed by atoms with Crippen LogP contribution in [0.1, 0.15) is 37.1 Å². The van der Waals surface area contributed by atoms with Gasteiger partial charge in [0.15, 0.2) is 5.65 Å². The monoisotopic (exact) mass is 394 g/mol. The number of hydrogen-bond acceptors (Lipinski definition) is 5. The van der Waals surface area contributed by atoms with Crippen molar-refractivity contribution in [2.24, 2.45) is 0 Å². The molecule has 1 fully saturated rings. The first kappa shape index (κ1) is 19.4. The van der Waals surface area contributed by atoms with E-state index < -0.39 is 6.10 Å². The third kappa shape index (κ3) is 4.24. The summed E-state index contributed by atoms with van der Waals surface area (Å²) in [6.07, 6.45) is 3.42. The fraction of sp³-hybridized carbons (Fsp3) is 0.409. The maximum atomic E-state index is 13.0. The Bertz CT molecular complexity index is 987. The second kappa shape index (κ2) is 8.61. The van der Waals surface area contributed by atoms with E-state index in [4.69, 9.17) is 9.47 Å². The molecule has 4 rings (SSSR count). The maximum absolute atomic E-state index is 13.0. The maximum Gasteiger partial charge on any atom is 0.251 e. The molecule has 1 aliphatic rings. The number of amides is 1. The molecular formula is C22H26N4O3. The molecule has 3 heterocycles. The van der Waals surface area contributed by atoms with Crippen molar-refractivity contribution in [3.05, 3.63) is 60.0 Å². The summed E-state index contributed by atoms with van der Waals surface area (Å²) >= 11 is 0. The molecule has 1 aliphatic heterocycles. The molecular weight excluding hydrogens is 368 g/mol. The van der Waals surface area contributed by atoms with Crippen molar-refractivity contribution in [1.29, 1.82) is 0 Å². The Labute approximate surface area is 170 Å². The van der Waals surface area contributed by atoms with Gasteiger partial charge in [-0.1, -0.05) is 18.2 Å². The summed E-state index contributed by atoms with van der Waals surface area (Å²) in [5.41, 5.74) is 1.82. The smallest absolute Gasteiger partial charge is 0.251 e. The van der Waals surface area contributed by atoms with E-state index in [9.17, 15) is 4.79 Å². The summed E-state index contributed by atoms with van der Waals surface area (Å²) < 4.78 is 13.1. The van der Waals surface area contributed by atoms with E-state index in [-0.39, 0.29) is 11.8 Å². The van der Waals surface area contributed by atoms with Gasteiger partial charge in [0.2, 0.25) is 0 Å². The van der Waals surface area contributed by atoms with Gasteiger partial charge in [-0.2, -0.15) is 0 Å². The molecule has 1 amide bonds. The number of benzene rings is 1. The van der Waals surface area contributed by atoms with Gasteiger partial charge in [0.25, 0.3) is 5.91 Å². The predicted octanol–water partition coefficient (Wildman–Crippen LogP) is 3.05. The number of aromatic nitrogens is 3. The largest absolute Gasteiger partial charge is 0.497 e. The molecule has 7 nitrogen and oxygen atoms in total. The first-order valence-corrected chi connectivity index (χ1v) is 9.98. The highest BCUT2D eigenvalue weighted by molar-refractivity contribution is 5.80. The number of carbonyl (C=O) groups excluding carboxylic acids is 1. The van der Waals surface area contributed by atoms with E-state index in [0.717, 1.165) is 42.2 Å². The van der Waals surface area contributed by atoms with Crippen LogP contribution in [-0.4, -0.2) is 51.7 Å². The number of rotatable bonds is 6. The van der Waals surface area contributed by atoms with Crippen LogP contribution < -0.4 is 4.74 Å². The molecule has 0 N–H and O–H groups in total. The minimum absolute atomic E-state index is 0.0198. The minimum atomic E-state index is -0.505. The van der Waals surface area contributed by atoms with E-state index in [1.54, 1.807) is 7.11 Å². The lowest BCUT2D eigenvalue weighted by molar-refractivity contribution is -0.144. The van der Waals surface area contributed by atoms with Crippen LogP contribution in [0.5, 0.6) is 5.75 Å². The van der Waals surface area contributed by atoms with Crippen molar-refractivity contribution in [3.63, 3.8) is 0 Å². The molecule has 0 radical (unpaired) electrons. The lowest BCUT2D eigenvalue weighted by atomic mass is 9.97. The van der Waals surface area contributed by atoms with Crippen LogP contribution in [-0.2, 0) is 16.1 Å². The Kier molecular flexibility index (Phi) is 5.76. The fourth-order valence-corrected chi connectivity index (χ4v) is 3.84. The standard InChI is InChI=1S/C22H26N4O3/c1-16(29-15-17-7-5-9-19(13-17)28-2)22(27)25-11-6-8-18(14-25)21-24-23-20-10-3-4-12-26(20)21/h3-5,7,9-10,12-13,16,18H,6,8,11,14-15H2,1-2H3/t16-,18+/m1/s1. The summed E-state index contributed by atoms with van der Waals surface area (Å²) in [6.45, 7) is 3.58. The summed E-state index contributed by atoms with van der Waals surface area (Å²) in [4.78, 5) is 14.9. The quantitative estimate of drug-likeness (QED) is 0.643. The molecule has 29 heavy (non-hydrogen) atoms. The Balaban J connectivity index is 1.39. The summed E-state index contributed by atoms with van der Waals surface area (Å²) in [7, 11) is 1.64. The van der Waals surface area contributed by atoms with Gasteiger partial charge in [-0.25, -0.2) is 0 Å². The van der Waals surface area contributed by atoms with Gasteiger partial charge in [0, 0.05) is 25.2 Å². The van der Waals surface area contributed by atoms with Crippen LogP contribution in [0.25, 0.3) is 5.65 Å². The summed E-state index contributed by atoms with van der Waals surface area (Å²) in [6, 6.07) is 13.6. The predicted molar refractivity (Wildman–Crippen MR) is 109 cm³/mol.